The van der Waals surface area contributed by atoms with Crippen molar-refractivity contribution in [2.24, 2.45) is 0 Å². The smallest absolute Gasteiger partial charge is 0.0546 e. The standard InChI is InChI=1S/C56H37NS/c1-2-13-40(14-3-1)51-32-28-46(44-25-24-38-12-4-5-16-42(38)34-44)37-54(51)57(47-30-26-41(27-31-47)50-22-11-17-39-15-6-7-20-49(39)50)48-19-10-18-43(35-48)45-29-33-56-53(36-45)52-21-8-9-23-55(52)58-56/h1-37H. The molecule has 0 radical (unpaired) electrons. The third-order valence-corrected chi connectivity index (χ3v) is 12.6. The van der Waals surface area contributed by atoms with Gasteiger partial charge in [-0.15, -0.1) is 11.3 Å². The second-order valence-electron chi connectivity index (χ2n) is 14.9. The lowest BCUT2D eigenvalue weighted by Gasteiger charge is -2.29. The van der Waals surface area contributed by atoms with Crippen molar-refractivity contribution in [2.45, 2.75) is 0 Å². The Bertz CT molecular complexity index is 3280. The molecule has 0 aliphatic heterocycles. The molecule has 2 heteroatoms. The summed E-state index contributed by atoms with van der Waals surface area (Å²) in [5.74, 6) is 0. The molecular formula is C56H37NS. The Morgan fingerprint density at radius 3 is 1.74 bits per heavy atom. The minimum atomic E-state index is 1.09. The molecule has 0 N–H and O–H groups in total. The molecule has 0 fully saturated rings. The summed E-state index contributed by atoms with van der Waals surface area (Å²) >= 11 is 1.86. The SMILES string of the molecule is c1ccc(-c2ccc(-c3ccc4ccccc4c3)cc2N(c2ccc(-c3cccc4ccccc34)cc2)c2cccc(-c3ccc4sc5ccccc5c4c3)c2)cc1. The fourth-order valence-corrected chi connectivity index (χ4v) is 9.64. The van der Waals surface area contributed by atoms with Crippen molar-refractivity contribution in [3.63, 3.8) is 0 Å². The van der Waals surface area contributed by atoms with Crippen LogP contribution in [0.5, 0.6) is 0 Å². The zero-order chi connectivity index (χ0) is 38.4. The van der Waals surface area contributed by atoms with Gasteiger partial charge in [-0.1, -0.05) is 170 Å². The van der Waals surface area contributed by atoms with Crippen molar-refractivity contribution in [3.8, 4) is 44.5 Å². The normalized spacial score (nSPS) is 11.4. The Hall–Kier alpha value is -7.26. The van der Waals surface area contributed by atoms with E-state index in [-0.39, 0.29) is 0 Å². The molecule has 0 aliphatic rings. The van der Waals surface area contributed by atoms with Gasteiger partial charge in [0.2, 0.25) is 0 Å². The molecule has 58 heavy (non-hydrogen) atoms. The van der Waals surface area contributed by atoms with E-state index in [1.54, 1.807) is 0 Å². The number of anilines is 3. The highest BCUT2D eigenvalue weighted by molar-refractivity contribution is 7.25. The van der Waals surface area contributed by atoms with Crippen LogP contribution in [0, 0.1) is 0 Å². The Morgan fingerprint density at radius 1 is 0.276 bits per heavy atom. The Morgan fingerprint density at radius 2 is 0.862 bits per heavy atom. The fourth-order valence-electron chi connectivity index (χ4n) is 8.55. The van der Waals surface area contributed by atoms with Crippen LogP contribution in [0.3, 0.4) is 0 Å². The van der Waals surface area contributed by atoms with Crippen LogP contribution >= 0.6 is 11.3 Å². The monoisotopic (exact) mass is 755 g/mol. The van der Waals surface area contributed by atoms with E-state index in [1.165, 1.54) is 86.2 Å². The summed E-state index contributed by atoms with van der Waals surface area (Å²) in [5.41, 5.74) is 12.8. The van der Waals surface area contributed by atoms with Crippen LogP contribution in [0.1, 0.15) is 0 Å². The van der Waals surface area contributed by atoms with E-state index in [4.69, 9.17) is 0 Å². The van der Waals surface area contributed by atoms with Crippen LogP contribution in [-0.4, -0.2) is 0 Å². The highest BCUT2D eigenvalue weighted by atomic mass is 32.1. The minimum absolute atomic E-state index is 1.09. The third kappa shape index (κ3) is 6.12. The molecule has 0 aliphatic carbocycles. The van der Waals surface area contributed by atoms with Gasteiger partial charge in [-0.2, -0.15) is 0 Å². The first kappa shape index (κ1) is 34.0. The van der Waals surface area contributed by atoms with Gasteiger partial charge in [0.05, 0.1) is 5.69 Å². The van der Waals surface area contributed by atoms with Crippen molar-refractivity contribution in [2.75, 3.05) is 4.90 Å². The molecular weight excluding hydrogens is 719 g/mol. The molecule has 10 aromatic carbocycles. The zero-order valence-corrected chi connectivity index (χ0v) is 32.5. The van der Waals surface area contributed by atoms with Gasteiger partial charge in [-0.25, -0.2) is 0 Å². The Labute approximate surface area is 342 Å². The Balaban J connectivity index is 1.11. The summed E-state index contributed by atoms with van der Waals surface area (Å²) in [7, 11) is 0. The molecule has 11 rings (SSSR count). The van der Waals surface area contributed by atoms with Crippen molar-refractivity contribution >= 4 is 70.1 Å². The summed E-state index contributed by atoms with van der Waals surface area (Å²) in [6.45, 7) is 0. The van der Waals surface area contributed by atoms with E-state index in [9.17, 15) is 0 Å². The summed E-state index contributed by atoms with van der Waals surface area (Å²) < 4.78 is 2.63. The van der Waals surface area contributed by atoms with Gasteiger partial charge in [-0.05, 0) is 115 Å². The van der Waals surface area contributed by atoms with Crippen LogP contribution < -0.4 is 4.90 Å². The highest BCUT2D eigenvalue weighted by Gasteiger charge is 2.20. The number of benzene rings is 10. The average Bonchev–Trinajstić information content (AvgIpc) is 3.67. The van der Waals surface area contributed by atoms with E-state index in [2.05, 4.69) is 229 Å². The molecule has 0 atom stereocenters. The quantitative estimate of drug-likeness (QED) is 0.157. The first-order valence-electron chi connectivity index (χ1n) is 19.8. The average molecular weight is 756 g/mol. The summed E-state index contributed by atoms with van der Waals surface area (Å²) in [6.07, 6.45) is 0. The maximum Gasteiger partial charge on any atom is 0.0546 e. The summed E-state index contributed by atoms with van der Waals surface area (Å²) in [6, 6.07) is 82.2. The van der Waals surface area contributed by atoms with Gasteiger partial charge >= 0.3 is 0 Å². The predicted molar refractivity (Wildman–Crippen MR) is 251 cm³/mol. The predicted octanol–water partition coefficient (Wildman–Crippen LogP) is 16.5. The van der Waals surface area contributed by atoms with Gasteiger partial charge in [0.25, 0.3) is 0 Å². The molecule has 0 bridgehead atoms. The van der Waals surface area contributed by atoms with E-state index < -0.39 is 0 Å². The molecule has 1 aromatic heterocycles. The molecule has 1 heterocycles. The van der Waals surface area contributed by atoms with Crippen LogP contribution in [-0.2, 0) is 0 Å². The van der Waals surface area contributed by atoms with Crippen molar-refractivity contribution < 1.29 is 0 Å². The van der Waals surface area contributed by atoms with Gasteiger partial charge in [0, 0.05) is 37.1 Å². The third-order valence-electron chi connectivity index (χ3n) is 11.4. The van der Waals surface area contributed by atoms with Crippen LogP contribution in [0.4, 0.5) is 17.1 Å². The second kappa shape index (κ2) is 14.4. The minimum Gasteiger partial charge on any atom is -0.310 e. The van der Waals surface area contributed by atoms with Gasteiger partial charge in [0.1, 0.15) is 0 Å². The largest absolute Gasteiger partial charge is 0.310 e. The first-order valence-corrected chi connectivity index (χ1v) is 20.6. The van der Waals surface area contributed by atoms with Crippen molar-refractivity contribution in [1.82, 2.24) is 0 Å². The maximum atomic E-state index is 2.45. The van der Waals surface area contributed by atoms with Crippen molar-refractivity contribution in [1.29, 1.82) is 0 Å². The zero-order valence-electron chi connectivity index (χ0n) is 31.7. The number of rotatable bonds is 7. The van der Waals surface area contributed by atoms with Crippen LogP contribution in [0.25, 0.3) is 86.2 Å². The lowest BCUT2D eigenvalue weighted by Crippen LogP contribution is -2.11. The van der Waals surface area contributed by atoms with E-state index in [0.717, 1.165) is 17.1 Å². The van der Waals surface area contributed by atoms with Crippen molar-refractivity contribution in [3.05, 3.63) is 224 Å². The molecule has 0 amide bonds. The molecule has 0 unspecified atom stereocenters. The van der Waals surface area contributed by atoms with Gasteiger partial charge < -0.3 is 4.90 Å². The van der Waals surface area contributed by atoms with E-state index in [0.29, 0.717) is 0 Å². The lowest BCUT2D eigenvalue weighted by atomic mass is 9.95. The van der Waals surface area contributed by atoms with E-state index in [1.807, 2.05) is 11.3 Å². The molecule has 0 spiro atoms. The molecule has 272 valence electrons. The lowest BCUT2D eigenvalue weighted by molar-refractivity contribution is 1.28. The highest BCUT2D eigenvalue weighted by Crippen LogP contribution is 2.45. The number of fused-ring (bicyclic) bond motifs is 5. The Kier molecular flexibility index (Phi) is 8.42. The van der Waals surface area contributed by atoms with Crippen LogP contribution in [0.15, 0.2) is 224 Å². The van der Waals surface area contributed by atoms with Gasteiger partial charge in [0.15, 0.2) is 0 Å². The topological polar surface area (TPSA) is 3.24 Å². The number of nitrogens with zero attached hydrogens (tertiary/aromatic N) is 1. The first-order chi connectivity index (χ1) is 28.7. The van der Waals surface area contributed by atoms with Crippen LogP contribution in [0.2, 0.25) is 0 Å². The number of hydrogen-bond acceptors (Lipinski definition) is 2. The molecule has 0 saturated heterocycles. The molecule has 11 aromatic rings. The molecule has 1 nitrogen and oxygen atoms in total. The van der Waals surface area contributed by atoms with E-state index >= 15 is 0 Å². The summed E-state index contributed by atoms with van der Waals surface area (Å²) in [5, 5.41) is 7.59. The number of thiophene rings is 1. The second-order valence-corrected chi connectivity index (χ2v) is 16.0. The molecule has 0 saturated carbocycles. The fraction of sp³-hybridized carbons (Fsp3) is 0. The maximum absolute atomic E-state index is 2.45. The van der Waals surface area contributed by atoms with Gasteiger partial charge in [-0.3, -0.25) is 0 Å². The summed E-state index contributed by atoms with van der Waals surface area (Å²) in [4.78, 5) is 2.45. The number of hydrogen-bond donors (Lipinski definition) is 0.